The fraction of sp³-hybridized carbons (Fsp3) is 0.200. The summed E-state index contributed by atoms with van der Waals surface area (Å²) in [5.41, 5.74) is 9.25. The van der Waals surface area contributed by atoms with Gasteiger partial charge >= 0.3 is 0 Å². The molecule has 0 rings (SSSR count). The molecule has 8 heavy (non-hydrogen) atoms. The quantitative estimate of drug-likeness (QED) is 0.320. The van der Waals surface area contributed by atoms with E-state index in [1.54, 1.807) is 0 Å². The Morgan fingerprint density at radius 3 is 0.750 bits per heavy atom. The van der Waals surface area contributed by atoms with E-state index in [1.165, 1.54) is 0 Å². The van der Waals surface area contributed by atoms with Gasteiger partial charge in [0.05, 0.1) is 0 Å². The average molecular weight is 172 g/mol. The maximum Gasteiger partial charge on any atom is 0.0403 e. The first-order valence-electron chi connectivity index (χ1n) is 0.816. The van der Waals surface area contributed by atoms with Crippen LogP contribution in [0.25, 0.3) is 0 Å². The van der Waals surface area contributed by atoms with E-state index in [-0.39, 0.29) is 55.9 Å². The van der Waals surface area contributed by atoms with Crippen molar-refractivity contribution < 1.29 is 19.5 Å². The van der Waals surface area contributed by atoms with Crippen LogP contribution in [0.15, 0.2) is 0 Å². The second kappa shape index (κ2) is 136. The fourth-order valence-corrected chi connectivity index (χ4v) is 0. The van der Waals surface area contributed by atoms with Crippen molar-refractivity contribution in [3.63, 3.8) is 0 Å². The molecule has 0 unspecified atom stereocenters. The zero-order valence-electron chi connectivity index (χ0n) is 6.57. The smallest absolute Gasteiger partial charge is 0.0403 e. The van der Waals surface area contributed by atoms with Crippen molar-refractivity contribution in [2.45, 2.75) is 0 Å². The minimum absolute atomic E-state index is 0. The molecule has 3 heteroatoms. The van der Waals surface area contributed by atoms with Crippen LogP contribution in [-0.2, 0) is 19.5 Å². The van der Waals surface area contributed by atoms with Gasteiger partial charge in [-0.25, -0.2) is 0 Å². The zero-order valence-corrected chi connectivity index (χ0v) is 9.54. The molecule has 0 aromatic rings. The van der Waals surface area contributed by atoms with Crippen LogP contribution in [0.5, 0.6) is 0 Å². The number of rotatable bonds is 0. The minimum Gasteiger partial charge on any atom is -0.358 e. The van der Waals surface area contributed by atoms with Gasteiger partial charge in [-0.1, -0.05) is 0 Å². The SMILES string of the molecule is NCN.[CH3-].[CH3-].[CH3-].[CH3-].[Zn]. The Kier molecular flexibility index (Phi) is 1270. The van der Waals surface area contributed by atoms with E-state index < -0.39 is 0 Å². The molecule has 0 amide bonds. The van der Waals surface area contributed by atoms with Crippen molar-refractivity contribution >= 4 is 0 Å². The third-order valence-electron chi connectivity index (χ3n) is 0. The maximum absolute atomic E-state index is 4.62. The molecular formula is C5H18N2Zn-4. The van der Waals surface area contributed by atoms with Gasteiger partial charge in [0, 0.05) is 26.1 Å². The molecule has 0 aliphatic carbocycles. The molecule has 0 radical (unpaired) electrons. The van der Waals surface area contributed by atoms with Crippen molar-refractivity contribution in [2.75, 3.05) is 6.67 Å². The number of nitrogens with two attached hydrogens (primary N) is 2. The molecule has 0 heterocycles. The van der Waals surface area contributed by atoms with Crippen LogP contribution in [-0.4, -0.2) is 6.67 Å². The first kappa shape index (κ1) is 75.2. The number of hydrogen-bond acceptors (Lipinski definition) is 2. The summed E-state index contributed by atoms with van der Waals surface area (Å²) in [5, 5.41) is 0. The average Bonchev–Trinajstić information content (AvgIpc) is 0.918. The van der Waals surface area contributed by atoms with Gasteiger partial charge in [0.1, 0.15) is 0 Å². The van der Waals surface area contributed by atoms with Crippen LogP contribution in [0.4, 0.5) is 0 Å². The summed E-state index contributed by atoms with van der Waals surface area (Å²) in [7, 11) is 0. The molecular weight excluding hydrogens is 153 g/mol. The van der Waals surface area contributed by atoms with Crippen LogP contribution in [0, 0.1) is 29.7 Å². The van der Waals surface area contributed by atoms with E-state index in [4.69, 9.17) is 0 Å². The standard InChI is InChI=1S/CH6N2.4CH3.Zn/c2-1-3;;;;;/h1-3H2;4*1H3;/q;4*-1;. The van der Waals surface area contributed by atoms with E-state index >= 15 is 0 Å². The third kappa shape index (κ3) is 681. The summed E-state index contributed by atoms with van der Waals surface area (Å²) in [6, 6.07) is 0. The van der Waals surface area contributed by atoms with Crippen molar-refractivity contribution in [1.82, 2.24) is 0 Å². The molecule has 0 bridgehead atoms. The fourth-order valence-electron chi connectivity index (χ4n) is 0. The van der Waals surface area contributed by atoms with Crippen molar-refractivity contribution in [3.8, 4) is 0 Å². The predicted molar refractivity (Wildman–Crippen MR) is 38.9 cm³/mol. The zero-order chi connectivity index (χ0) is 2.71. The van der Waals surface area contributed by atoms with Crippen LogP contribution in [0.2, 0.25) is 0 Å². The molecule has 54 valence electrons. The van der Waals surface area contributed by atoms with E-state index in [9.17, 15) is 0 Å². The second-order valence-electron chi connectivity index (χ2n) is 0.236. The van der Waals surface area contributed by atoms with Crippen LogP contribution in [0.1, 0.15) is 0 Å². The van der Waals surface area contributed by atoms with Gasteiger partial charge in [-0.2, -0.15) is 0 Å². The molecule has 4 N–H and O–H groups in total. The van der Waals surface area contributed by atoms with Gasteiger partial charge in [0.2, 0.25) is 0 Å². The Morgan fingerprint density at radius 2 is 0.750 bits per heavy atom. The van der Waals surface area contributed by atoms with Gasteiger partial charge in [-0.05, 0) is 0 Å². The molecule has 0 aliphatic rings. The molecule has 2 nitrogen and oxygen atoms in total. The van der Waals surface area contributed by atoms with Gasteiger partial charge in [0.15, 0.2) is 0 Å². The second-order valence-corrected chi connectivity index (χ2v) is 0.236. The Labute approximate surface area is 67.8 Å². The topological polar surface area (TPSA) is 52.0 Å². The van der Waals surface area contributed by atoms with Crippen molar-refractivity contribution in [2.24, 2.45) is 11.5 Å². The van der Waals surface area contributed by atoms with Crippen molar-refractivity contribution in [3.05, 3.63) is 29.7 Å². The Bertz CT molecular complexity index is 10.4. The van der Waals surface area contributed by atoms with E-state index in [0.717, 1.165) is 0 Å². The summed E-state index contributed by atoms with van der Waals surface area (Å²) >= 11 is 0. The molecule has 0 fully saturated rings. The predicted octanol–water partition coefficient (Wildman–Crippen LogP) is 0.660. The summed E-state index contributed by atoms with van der Waals surface area (Å²) in [5.74, 6) is 0. The summed E-state index contributed by atoms with van der Waals surface area (Å²) in [4.78, 5) is 0. The third-order valence-corrected chi connectivity index (χ3v) is 0. The first-order chi connectivity index (χ1) is 1.41. The number of hydrogen-bond donors (Lipinski definition) is 2. The van der Waals surface area contributed by atoms with E-state index in [0.29, 0.717) is 0 Å². The summed E-state index contributed by atoms with van der Waals surface area (Å²) in [6.07, 6.45) is 0. The maximum atomic E-state index is 4.62. The summed E-state index contributed by atoms with van der Waals surface area (Å²) < 4.78 is 0. The normalized spacial score (nSPS) is 2.25. The van der Waals surface area contributed by atoms with Gasteiger partial charge in [0.25, 0.3) is 0 Å². The molecule has 0 saturated carbocycles. The summed E-state index contributed by atoms with van der Waals surface area (Å²) in [6.45, 7) is 0.250. The molecule has 0 aromatic heterocycles. The Balaban J connectivity index is -0.00000000200. The van der Waals surface area contributed by atoms with Crippen molar-refractivity contribution in [1.29, 1.82) is 0 Å². The molecule has 0 aliphatic heterocycles. The largest absolute Gasteiger partial charge is 0.358 e. The van der Waals surface area contributed by atoms with Gasteiger partial charge in [-0.15, -0.1) is 0 Å². The van der Waals surface area contributed by atoms with E-state index in [1.807, 2.05) is 0 Å². The van der Waals surface area contributed by atoms with Gasteiger partial charge in [-0.3, -0.25) is 0 Å². The Morgan fingerprint density at radius 1 is 0.750 bits per heavy atom. The van der Waals surface area contributed by atoms with Crippen LogP contribution in [0.3, 0.4) is 0 Å². The molecule has 0 spiro atoms. The minimum atomic E-state index is 0. The van der Waals surface area contributed by atoms with E-state index in [2.05, 4.69) is 11.5 Å². The van der Waals surface area contributed by atoms with Crippen LogP contribution >= 0.6 is 0 Å². The molecule has 0 saturated heterocycles. The first-order valence-corrected chi connectivity index (χ1v) is 0.816. The monoisotopic (exact) mass is 170 g/mol. The molecule has 0 atom stereocenters. The Hall–Kier alpha value is 0.543. The van der Waals surface area contributed by atoms with Gasteiger partial charge < -0.3 is 41.2 Å². The van der Waals surface area contributed by atoms with Crippen LogP contribution < -0.4 is 11.5 Å². The molecule has 0 aromatic carbocycles.